The lowest BCUT2D eigenvalue weighted by Gasteiger charge is -2.17. The third kappa shape index (κ3) is 5.42. The number of rotatable bonds is 5. The first-order chi connectivity index (χ1) is 12.0. The molecule has 1 atom stereocenters. The van der Waals surface area contributed by atoms with Gasteiger partial charge < -0.3 is 10.1 Å². The number of carbonyl (C=O) groups excluding carboxylic acids is 1. The highest BCUT2D eigenvalue weighted by Crippen LogP contribution is 2.17. The van der Waals surface area contributed by atoms with E-state index in [-0.39, 0.29) is 10.9 Å². The topological polar surface area (TPSA) is 62.4 Å². The highest BCUT2D eigenvalue weighted by atomic mass is 32.1. The largest absolute Gasteiger partial charge is 0.478 e. The summed E-state index contributed by atoms with van der Waals surface area (Å²) in [6.45, 7) is 3.56. The van der Waals surface area contributed by atoms with Gasteiger partial charge in [0, 0.05) is 5.69 Å². The number of amides is 1. The molecule has 0 unspecified atom stereocenters. The Bertz CT molecular complexity index is 755. The van der Waals surface area contributed by atoms with Crippen molar-refractivity contribution in [2.45, 2.75) is 26.4 Å². The summed E-state index contributed by atoms with van der Waals surface area (Å²) in [6, 6.07) is 13.6. The summed E-state index contributed by atoms with van der Waals surface area (Å²) in [5.41, 5.74) is 7.02. The van der Waals surface area contributed by atoms with Crippen molar-refractivity contribution in [3.05, 3.63) is 59.9 Å². The highest BCUT2D eigenvalue weighted by molar-refractivity contribution is 7.80. The third-order valence-corrected chi connectivity index (χ3v) is 3.66. The van der Waals surface area contributed by atoms with Crippen LogP contribution in [-0.4, -0.2) is 17.1 Å². The number of anilines is 1. The van der Waals surface area contributed by atoms with Gasteiger partial charge in [-0.1, -0.05) is 37.3 Å². The first kappa shape index (κ1) is 18.7. The van der Waals surface area contributed by atoms with Gasteiger partial charge in [-0.2, -0.15) is 0 Å². The number of benzene rings is 2. The second kappa shape index (κ2) is 8.98. The number of carbonyl (C=O) groups is 1. The van der Waals surface area contributed by atoms with Crippen LogP contribution in [0, 0.1) is 5.82 Å². The van der Waals surface area contributed by atoms with Crippen LogP contribution in [-0.2, 0) is 11.2 Å². The van der Waals surface area contributed by atoms with E-state index in [2.05, 4.69) is 16.2 Å². The van der Waals surface area contributed by atoms with Crippen LogP contribution in [0.4, 0.5) is 10.1 Å². The Morgan fingerprint density at radius 3 is 2.56 bits per heavy atom. The summed E-state index contributed by atoms with van der Waals surface area (Å²) in [5, 5.41) is 3.26. The van der Waals surface area contributed by atoms with Crippen LogP contribution in [0.5, 0.6) is 5.75 Å². The molecular formula is C18H20FN3O2S. The fourth-order valence-corrected chi connectivity index (χ4v) is 2.27. The van der Waals surface area contributed by atoms with E-state index in [4.69, 9.17) is 17.0 Å². The molecule has 132 valence electrons. The Kier molecular flexibility index (Phi) is 6.71. The van der Waals surface area contributed by atoms with Gasteiger partial charge in [0.05, 0.1) is 0 Å². The molecule has 0 saturated carbocycles. The van der Waals surface area contributed by atoms with Crippen LogP contribution in [0.1, 0.15) is 19.4 Å². The van der Waals surface area contributed by atoms with Crippen LogP contribution in [0.3, 0.4) is 0 Å². The van der Waals surface area contributed by atoms with Gasteiger partial charge in [-0.15, -0.1) is 0 Å². The molecule has 25 heavy (non-hydrogen) atoms. The van der Waals surface area contributed by atoms with E-state index in [0.29, 0.717) is 0 Å². The average Bonchev–Trinajstić information content (AvgIpc) is 2.62. The van der Waals surface area contributed by atoms with Crippen LogP contribution >= 0.6 is 12.2 Å². The molecule has 0 saturated heterocycles. The monoisotopic (exact) mass is 361 g/mol. The van der Waals surface area contributed by atoms with E-state index >= 15 is 0 Å². The number of nitrogens with one attached hydrogen (secondary N) is 3. The summed E-state index contributed by atoms with van der Waals surface area (Å²) in [5.74, 6) is -0.984. The van der Waals surface area contributed by atoms with Crippen molar-refractivity contribution in [3.8, 4) is 5.75 Å². The summed E-state index contributed by atoms with van der Waals surface area (Å²) in [6.07, 6.45) is -0.0406. The number of halogens is 1. The zero-order chi connectivity index (χ0) is 18.2. The van der Waals surface area contributed by atoms with Gasteiger partial charge in [0.2, 0.25) is 0 Å². The van der Waals surface area contributed by atoms with Crippen molar-refractivity contribution in [2.24, 2.45) is 0 Å². The maximum absolute atomic E-state index is 13.5. The molecule has 0 aliphatic heterocycles. The second-order valence-corrected chi connectivity index (χ2v) is 5.68. The summed E-state index contributed by atoms with van der Waals surface area (Å²) < 4.78 is 18.8. The van der Waals surface area contributed by atoms with Gasteiger partial charge in [-0.05, 0) is 49.3 Å². The normalized spacial score (nSPS) is 11.3. The van der Waals surface area contributed by atoms with Gasteiger partial charge >= 0.3 is 0 Å². The molecule has 0 fully saturated rings. The lowest BCUT2D eigenvalue weighted by molar-refractivity contribution is -0.127. The zero-order valence-corrected chi connectivity index (χ0v) is 14.8. The van der Waals surface area contributed by atoms with E-state index in [1.54, 1.807) is 12.1 Å². The smallest absolute Gasteiger partial charge is 0.279 e. The molecule has 7 heteroatoms. The lowest BCUT2D eigenvalue weighted by atomic mass is 10.1. The Balaban J connectivity index is 1.84. The molecule has 0 heterocycles. The van der Waals surface area contributed by atoms with Gasteiger partial charge in [0.15, 0.2) is 22.8 Å². The molecule has 0 radical (unpaired) electrons. The molecule has 2 aromatic rings. The zero-order valence-electron chi connectivity index (χ0n) is 14.0. The molecule has 0 bridgehead atoms. The molecule has 5 nitrogen and oxygen atoms in total. The summed E-state index contributed by atoms with van der Waals surface area (Å²) in [4.78, 5) is 12.0. The number of ether oxygens (including phenoxy) is 1. The van der Waals surface area contributed by atoms with E-state index < -0.39 is 17.8 Å². The lowest BCUT2D eigenvalue weighted by Crippen LogP contribution is -2.48. The fourth-order valence-electron chi connectivity index (χ4n) is 2.11. The highest BCUT2D eigenvalue weighted by Gasteiger charge is 2.16. The van der Waals surface area contributed by atoms with Crippen LogP contribution in [0.15, 0.2) is 48.5 Å². The predicted octanol–water partition coefficient (Wildman–Crippen LogP) is 3.17. The van der Waals surface area contributed by atoms with E-state index in [9.17, 15) is 9.18 Å². The minimum Gasteiger partial charge on any atom is -0.478 e. The van der Waals surface area contributed by atoms with Crippen molar-refractivity contribution in [3.63, 3.8) is 0 Å². The fraction of sp³-hybridized carbons (Fsp3) is 0.222. The molecule has 0 aromatic heterocycles. The maximum atomic E-state index is 13.5. The molecular weight excluding hydrogens is 341 g/mol. The van der Waals surface area contributed by atoms with Crippen molar-refractivity contribution < 1.29 is 13.9 Å². The van der Waals surface area contributed by atoms with Crippen molar-refractivity contribution in [2.75, 3.05) is 5.32 Å². The number of thiocarbonyl (C=S) groups is 1. The maximum Gasteiger partial charge on any atom is 0.279 e. The second-order valence-electron chi connectivity index (χ2n) is 5.27. The van der Waals surface area contributed by atoms with E-state index in [1.165, 1.54) is 19.1 Å². The van der Waals surface area contributed by atoms with E-state index in [0.717, 1.165) is 17.7 Å². The first-order valence-corrected chi connectivity index (χ1v) is 8.28. The van der Waals surface area contributed by atoms with Gasteiger partial charge in [-0.25, -0.2) is 4.39 Å². The molecule has 0 aliphatic rings. The Morgan fingerprint density at radius 1 is 1.16 bits per heavy atom. The summed E-state index contributed by atoms with van der Waals surface area (Å²) >= 11 is 5.16. The van der Waals surface area contributed by atoms with Crippen molar-refractivity contribution in [1.82, 2.24) is 10.9 Å². The summed E-state index contributed by atoms with van der Waals surface area (Å²) in [7, 11) is 0. The quantitative estimate of drug-likeness (QED) is 0.564. The van der Waals surface area contributed by atoms with Crippen LogP contribution in [0.25, 0.3) is 0 Å². The molecule has 2 aromatic carbocycles. The van der Waals surface area contributed by atoms with Gasteiger partial charge in [-0.3, -0.25) is 15.6 Å². The SMILES string of the molecule is CCc1ccccc1NC(=S)NNC(=O)[C@H](C)Oc1ccccc1F. The Hall–Kier alpha value is -2.67. The molecule has 0 spiro atoms. The van der Waals surface area contributed by atoms with Crippen molar-refractivity contribution >= 4 is 28.9 Å². The Labute approximate surface area is 151 Å². The van der Waals surface area contributed by atoms with Crippen LogP contribution in [0.2, 0.25) is 0 Å². The van der Waals surface area contributed by atoms with Gasteiger partial charge in [0.1, 0.15) is 0 Å². The van der Waals surface area contributed by atoms with E-state index in [1.807, 2.05) is 31.2 Å². The minimum atomic E-state index is -0.893. The molecule has 2 rings (SSSR count). The Morgan fingerprint density at radius 2 is 1.84 bits per heavy atom. The molecule has 1 amide bonds. The first-order valence-electron chi connectivity index (χ1n) is 7.87. The average molecular weight is 361 g/mol. The molecule has 3 N–H and O–H groups in total. The minimum absolute atomic E-state index is 0.0164. The van der Waals surface area contributed by atoms with Crippen molar-refractivity contribution in [1.29, 1.82) is 0 Å². The number of hydrogen-bond donors (Lipinski definition) is 3. The molecule has 0 aliphatic carbocycles. The standard InChI is InChI=1S/C18H20FN3O2S/c1-3-13-8-4-6-10-15(13)20-18(25)22-21-17(23)12(2)24-16-11-7-5-9-14(16)19/h4-12H,3H2,1-2H3,(H,21,23)(H2,20,22,25)/t12-/m0/s1. The predicted molar refractivity (Wildman–Crippen MR) is 99.8 cm³/mol. The number of hydrazine groups is 1. The third-order valence-electron chi connectivity index (χ3n) is 3.46. The number of hydrogen-bond acceptors (Lipinski definition) is 3. The number of aryl methyl sites for hydroxylation is 1. The van der Waals surface area contributed by atoms with Gasteiger partial charge in [0.25, 0.3) is 5.91 Å². The van der Waals surface area contributed by atoms with Crippen LogP contribution < -0.4 is 20.9 Å². The number of para-hydroxylation sites is 2.